The molecule has 1 N–H and O–H groups in total. The van der Waals surface area contributed by atoms with Crippen molar-refractivity contribution in [1.82, 2.24) is 9.97 Å². The fourth-order valence-corrected chi connectivity index (χ4v) is 4.63. The molecule has 0 aliphatic heterocycles. The van der Waals surface area contributed by atoms with Gasteiger partial charge in [0.1, 0.15) is 16.3 Å². The Morgan fingerprint density at radius 3 is 2.74 bits per heavy atom. The molecule has 3 aromatic heterocycles. The topological polar surface area (TPSA) is 81.3 Å². The number of nitrogens with one attached hydrogen (secondary N) is 1. The fraction of sp³-hybridized carbons (Fsp3) is 0.278. The van der Waals surface area contributed by atoms with E-state index in [4.69, 9.17) is 21.1 Å². The standard InChI is InChI=1S/C18H17ClN2O4S2/c1-9-4-5-11(26-9)8-12(19)15-20-16(22)13-10(2)14(27-17(13)21-15)18(23)25-7-6-24-3/h4-5,8H,6-7H2,1-3H3,(H,20,21,22)/b12-8-. The zero-order valence-corrected chi connectivity index (χ0v) is 17.3. The van der Waals surface area contributed by atoms with Gasteiger partial charge in [-0.2, -0.15) is 0 Å². The summed E-state index contributed by atoms with van der Waals surface area (Å²) in [6.07, 6.45) is 1.75. The van der Waals surface area contributed by atoms with Crippen LogP contribution in [0.2, 0.25) is 0 Å². The van der Waals surface area contributed by atoms with Gasteiger partial charge in [-0.15, -0.1) is 22.7 Å². The molecular weight excluding hydrogens is 408 g/mol. The number of aryl methyl sites for hydroxylation is 2. The highest BCUT2D eigenvalue weighted by Gasteiger charge is 2.21. The van der Waals surface area contributed by atoms with Crippen LogP contribution in [-0.2, 0) is 9.47 Å². The molecule has 0 amide bonds. The maximum absolute atomic E-state index is 12.5. The Labute approximate surface area is 168 Å². The summed E-state index contributed by atoms with van der Waals surface area (Å²) in [6, 6.07) is 3.94. The Hall–Kier alpha value is -2.00. The van der Waals surface area contributed by atoms with E-state index in [1.807, 2.05) is 19.1 Å². The summed E-state index contributed by atoms with van der Waals surface area (Å²) in [5.41, 5.74) is 0.209. The van der Waals surface area contributed by atoms with Crippen molar-refractivity contribution in [2.45, 2.75) is 13.8 Å². The second kappa shape index (κ2) is 8.35. The van der Waals surface area contributed by atoms with Crippen molar-refractivity contribution in [3.05, 3.63) is 48.5 Å². The Kier molecular flexibility index (Phi) is 6.11. The molecular formula is C18H17ClN2O4S2. The lowest BCUT2D eigenvalue weighted by atomic mass is 10.2. The van der Waals surface area contributed by atoms with Crippen molar-refractivity contribution in [1.29, 1.82) is 0 Å². The van der Waals surface area contributed by atoms with Gasteiger partial charge < -0.3 is 14.5 Å². The van der Waals surface area contributed by atoms with Gasteiger partial charge >= 0.3 is 5.97 Å². The number of aromatic amines is 1. The number of methoxy groups -OCH3 is 1. The first kappa shape index (κ1) is 19.8. The summed E-state index contributed by atoms with van der Waals surface area (Å²) in [4.78, 5) is 34.8. The molecule has 142 valence electrons. The highest BCUT2D eigenvalue weighted by atomic mass is 35.5. The summed E-state index contributed by atoms with van der Waals surface area (Å²) in [5.74, 6) is -0.232. The van der Waals surface area contributed by atoms with Crippen LogP contribution >= 0.6 is 34.3 Å². The maximum Gasteiger partial charge on any atom is 0.348 e. The van der Waals surface area contributed by atoms with Gasteiger partial charge in [-0.25, -0.2) is 9.78 Å². The van der Waals surface area contributed by atoms with Crippen LogP contribution in [0.5, 0.6) is 0 Å². The number of hydrogen-bond acceptors (Lipinski definition) is 7. The molecule has 9 heteroatoms. The van der Waals surface area contributed by atoms with Crippen molar-refractivity contribution in [3.8, 4) is 0 Å². The smallest absolute Gasteiger partial charge is 0.348 e. The third-order valence-electron chi connectivity index (χ3n) is 3.76. The molecule has 3 aromatic rings. The van der Waals surface area contributed by atoms with Crippen LogP contribution in [0.25, 0.3) is 21.3 Å². The predicted octanol–water partition coefficient (Wildman–Crippen LogP) is 4.20. The summed E-state index contributed by atoms with van der Waals surface area (Å²) >= 11 is 9.06. The summed E-state index contributed by atoms with van der Waals surface area (Å²) in [6.45, 7) is 4.16. The summed E-state index contributed by atoms with van der Waals surface area (Å²) < 4.78 is 10.0. The van der Waals surface area contributed by atoms with Crippen molar-refractivity contribution in [2.75, 3.05) is 20.3 Å². The Morgan fingerprint density at radius 2 is 2.07 bits per heavy atom. The Morgan fingerprint density at radius 1 is 1.30 bits per heavy atom. The van der Waals surface area contributed by atoms with Crippen molar-refractivity contribution < 1.29 is 14.3 Å². The second-order valence-electron chi connectivity index (χ2n) is 5.72. The van der Waals surface area contributed by atoms with Crippen LogP contribution in [-0.4, -0.2) is 36.3 Å². The zero-order valence-electron chi connectivity index (χ0n) is 14.9. The highest BCUT2D eigenvalue weighted by Crippen LogP contribution is 2.30. The normalized spacial score (nSPS) is 11.9. The van der Waals surface area contributed by atoms with E-state index in [0.29, 0.717) is 32.3 Å². The molecule has 0 bridgehead atoms. The monoisotopic (exact) mass is 424 g/mol. The average Bonchev–Trinajstić information content (AvgIpc) is 3.18. The van der Waals surface area contributed by atoms with Gasteiger partial charge in [0.15, 0.2) is 5.82 Å². The van der Waals surface area contributed by atoms with Crippen LogP contribution < -0.4 is 5.56 Å². The number of rotatable bonds is 6. The molecule has 0 saturated carbocycles. The minimum atomic E-state index is -0.496. The predicted molar refractivity (Wildman–Crippen MR) is 110 cm³/mol. The van der Waals surface area contributed by atoms with Crippen LogP contribution in [0, 0.1) is 13.8 Å². The number of thiophene rings is 2. The summed E-state index contributed by atoms with van der Waals surface area (Å²) in [7, 11) is 1.53. The van der Waals surface area contributed by atoms with E-state index in [2.05, 4.69) is 9.97 Å². The van der Waals surface area contributed by atoms with E-state index in [9.17, 15) is 9.59 Å². The van der Waals surface area contributed by atoms with Gasteiger partial charge in [-0.1, -0.05) is 11.6 Å². The quantitative estimate of drug-likeness (QED) is 0.473. The largest absolute Gasteiger partial charge is 0.459 e. The molecule has 0 aliphatic rings. The van der Waals surface area contributed by atoms with Crippen molar-refractivity contribution in [2.24, 2.45) is 0 Å². The third-order valence-corrected chi connectivity index (χ3v) is 6.16. The van der Waals surface area contributed by atoms with Crippen LogP contribution in [0.15, 0.2) is 16.9 Å². The number of carbonyl (C=O) groups excluding carboxylic acids is 1. The molecule has 0 unspecified atom stereocenters. The van der Waals surface area contributed by atoms with Gasteiger partial charge in [0.05, 0.1) is 17.0 Å². The zero-order chi connectivity index (χ0) is 19.6. The van der Waals surface area contributed by atoms with E-state index < -0.39 is 5.97 Å². The van der Waals surface area contributed by atoms with Crippen molar-refractivity contribution in [3.63, 3.8) is 0 Å². The van der Waals surface area contributed by atoms with Crippen LogP contribution in [0.1, 0.15) is 30.8 Å². The van der Waals surface area contributed by atoms with Gasteiger partial charge in [0.2, 0.25) is 0 Å². The Bertz CT molecular complexity index is 1080. The lowest BCUT2D eigenvalue weighted by Gasteiger charge is -2.02. The minimum Gasteiger partial charge on any atom is -0.459 e. The van der Waals surface area contributed by atoms with E-state index >= 15 is 0 Å². The molecule has 0 atom stereocenters. The second-order valence-corrected chi connectivity index (χ2v) is 8.45. The van der Waals surface area contributed by atoms with Crippen LogP contribution in [0.4, 0.5) is 0 Å². The molecule has 0 fully saturated rings. The maximum atomic E-state index is 12.5. The van der Waals surface area contributed by atoms with E-state index in [1.165, 1.54) is 7.11 Å². The van der Waals surface area contributed by atoms with E-state index in [0.717, 1.165) is 21.1 Å². The first-order valence-electron chi connectivity index (χ1n) is 8.04. The number of nitrogens with zero attached hydrogens (tertiary/aromatic N) is 1. The van der Waals surface area contributed by atoms with Crippen LogP contribution in [0.3, 0.4) is 0 Å². The van der Waals surface area contributed by atoms with Gasteiger partial charge in [-0.3, -0.25) is 4.79 Å². The first-order valence-corrected chi connectivity index (χ1v) is 10.0. The van der Waals surface area contributed by atoms with E-state index in [-0.39, 0.29) is 18.0 Å². The molecule has 3 heterocycles. The Balaban J connectivity index is 1.98. The number of halogens is 1. The molecule has 3 rings (SSSR count). The van der Waals surface area contributed by atoms with Gasteiger partial charge in [-0.05, 0) is 37.6 Å². The molecule has 27 heavy (non-hydrogen) atoms. The molecule has 0 saturated heterocycles. The number of fused-ring (bicyclic) bond motifs is 1. The number of aromatic nitrogens is 2. The van der Waals surface area contributed by atoms with Gasteiger partial charge in [0.25, 0.3) is 5.56 Å². The SMILES string of the molecule is COCCOC(=O)c1sc2nc(/C(Cl)=C/c3ccc(C)s3)[nH]c(=O)c2c1C. The third kappa shape index (κ3) is 4.30. The fourth-order valence-electron chi connectivity index (χ4n) is 2.46. The molecule has 0 aliphatic carbocycles. The number of ether oxygens (including phenoxy) is 2. The average molecular weight is 425 g/mol. The lowest BCUT2D eigenvalue weighted by Crippen LogP contribution is -2.11. The van der Waals surface area contributed by atoms with Gasteiger partial charge in [0, 0.05) is 16.9 Å². The molecule has 0 aromatic carbocycles. The summed E-state index contributed by atoms with van der Waals surface area (Å²) in [5, 5.41) is 0.699. The lowest BCUT2D eigenvalue weighted by molar-refractivity contribution is 0.0393. The molecule has 6 nitrogen and oxygen atoms in total. The molecule has 0 spiro atoms. The first-order chi connectivity index (χ1) is 12.9. The number of hydrogen-bond donors (Lipinski definition) is 1. The molecule has 0 radical (unpaired) electrons. The minimum absolute atomic E-state index is 0.146. The highest BCUT2D eigenvalue weighted by molar-refractivity contribution is 7.20. The van der Waals surface area contributed by atoms with E-state index in [1.54, 1.807) is 24.3 Å². The number of H-pyrrole nitrogens is 1. The van der Waals surface area contributed by atoms with Crippen molar-refractivity contribution >= 4 is 61.6 Å². The number of esters is 1. The number of carbonyl (C=O) groups is 1.